The third-order valence-electron chi connectivity index (χ3n) is 3.40. The van der Waals surface area contributed by atoms with Crippen molar-refractivity contribution in [1.82, 2.24) is 15.2 Å². The fraction of sp³-hybridized carbons (Fsp3) is 0.294. The Morgan fingerprint density at radius 2 is 1.88 bits per heavy atom. The summed E-state index contributed by atoms with van der Waals surface area (Å²) < 4.78 is 38.8. The van der Waals surface area contributed by atoms with E-state index in [-0.39, 0.29) is 22.3 Å². The Hall–Kier alpha value is -2.32. The first-order chi connectivity index (χ1) is 12.2. The normalized spacial score (nSPS) is 11.5. The van der Waals surface area contributed by atoms with E-state index in [9.17, 15) is 18.0 Å². The Bertz CT molecular complexity index is 781. The van der Waals surface area contributed by atoms with Crippen LogP contribution in [-0.2, 0) is 6.18 Å². The van der Waals surface area contributed by atoms with Gasteiger partial charge in [0, 0.05) is 30.7 Å². The molecule has 5 nitrogen and oxygen atoms in total. The third-order valence-corrected chi connectivity index (χ3v) is 3.73. The number of aromatic nitrogens is 1. The van der Waals surface area contributed by atoms with Crippen molar-refractivity contribution in [1.29, 1.82) is 0 Å². The molecular formula is C17H18ClF3N4O. The molecule has 0 atom stereocenters. The number of halogens is 4. The minimum Gasteiger partial charge on any atom is -0.355 e. The van der Waals surface area contributed by atoms with E-state index in [0.29, 0.717) is 18.8 Å². The van der Waals surface area contributed by atoms with Gasteiger partial charge in [-0.2, -0.15) is 13.2 Å². The highest BCUT2D eigenvalue weighted by Crippen LogP contribution is 2.36. The summed E-state index contributed by atoms with van der Waals surface area (Å²) in [5.74, 6) is -0.359. The van der Waals surface area contributed by atoms with Gasteiger partial charge in [-0.1, -0.05) is 11.6 Å². The first-order valence-corrected chi connectivity index (χ1v) is 8.07. The van der Waals surface area contributed by atoms with Gasteiger partial charge in [0.2, 0.25) is 0 Å². The minimum absolute atomic E-state index is 0.166. The summed E-state index contributed by atoms with van der Waals surface area (Å²) in [5, 5.41) is 5.17. The Labute approximate surface area is 154 Å². The zero-order valence-electron chi connectivity index (χ0n) is 14.2. The lowest BCUT2D eigenvalue weighted by atomic mass is 10.2. The van der Waals surface area contributed by atoms with Crippen molar-refractivity contribution in [2.45, 2.75) is 6.18 Å². The number of carbonyl (C=O) groups excluding carboxylic acids is 1. The average molecular weight is 387 g/mol. The molecule has 26 heavy (non-hydrogen) atoms. The van der Waals surface area contributed by atoms with Crippen molar-refractivity contribution < 1.29 is 18.0 Å². The summed E-state index contributed by atoms with van der Waals surface area (Å²) in [4.78, 5) is 18.0. The van der Waals surface area contributed by atoms with Crippen LogP contribution in [0.4, 0.5) is 24.5 Å². The summed E-state index contributed by atoms with van der Waals surface area (Å²) in [6.07, 6.45) is -3.14. The zero-order valence-corrected chi connectivity index (χ0v) is 14.9. The van der Waals surface area contributed by atoms with E-state index in [4.69, 9.17) is 11.6 Å². The van der Waals surface area contributed by atoms with Gasteiger partial charge in [0.1, 0.15) is 5.69 Å². The molecule has 0 fully saturated rings. The van der Waals surface area contributed by atoms with Crippen LogP contribution in [-0.4, -0.2) is 43.0 Å². The number of likely N-dealkylation sites (N-methyl/N-ethyl adjacent to an activating group) is 1. The van der Waals surface area contributed by atoms with Crippen molar-refractivity contribution in [3.63, 3.8) is 0 Å². The number of alkyl halides is 3. The molecule has 0 bridgehead atoms. The number of nitrogens with zero attached hydrogens (tertiary/aromatic N) is 2. The molecular weight excluding hydrogens is 369 g/mol. The van der Waals surface area contributed by atoms with Gasteiger partial charge in [0.05, 0.1) is 10.6 Å². The van der Waals surface area contributed by atoms with Gasteiger partial charge in [-0.15, -0.1) is 0 Å². The minimum atomic E-state index is -4.55. The van der Waals surface area contributed by atoms with E-state index in [0.717, 1.165) is 6.07 Å². The Morgan fingerprint density at radius 1 is 1.19 bits per heavy atom. The van der Waals surface area contributed by atoms with Gasteiger partial charge < -0.3 is 15.5 Å². The van der Waals surface area contributed by atoms with Crippen LogP contribution < -0.4 is 10.6 Å². The summed E-state index contributed by atoms with van der Waals surface area (Å²) in [5.41, 5.74) is -0.126. The van der Waals surface area contributed by atoms with E-state index in [1.807, 2.05) is 19.0 Å². The fourth-order valence-electron chi connectivity index (χ4n) is 2.10. The highest BCUT2D eigenvalue weighted by molar-refractivity contribution is 6.31. The molecule has 0 aliphatic carbocycles. The lowest BCUT2D eigenvalue weighted by Gasteiger charge is -2.13. The Kier molecular flexibility index (Phi) is 6.44. The second-order valence-corrected chi connectivity index (χ2v) is 6.21. The molecule has 0 radical (unpaired) electrons. The maximum atomic E-state index is 12.9. The van der Waals surface area contributed by atoms with Gasteiger partial charge >= 0.3 is 6.18 Å². The van der Waals surface area contributed by atoms with Crippen LogP contribution in [0.2, 0.25) is 5.02 Å². The van der Waals surface area contributed by atoms with Gasteiger partial charge in [0.25, 0.3) is 5.91 Å². The molecule has 9 heteroatoms. The monoisotopic (exact) mass is 386 g/mol. The Morgan fingerprint density at radius 3 is 2.54 bits per heavy atom. The summed E-state index contributed by atoms with van der Waals surface area (Å²) in [6, 6.07) is 6.53. The quantitative estimate of drug-likeness (QED) is 0.793. The number of benzene rings is 1. The number of carbonyl (C=O) groups is 1. The number of pyridine rings is 1. The molecule has 0 unspecified atom stereocenters. The molecule has 0 saturated carbocycles. The summed E-state index contributed by atoms with van der Waals surface area (Å²) in [7, 11) is 3.77. The fourth-order valence-corrected chi connectivity index (χ4v) is 2.33. The molecule has 2 N–H and O–H groups in total. The third kappa shape index (κ3) is 5.60. The first-order valence-electron chi connectivity index (χ1n) is 7.69. The topological polar surface area (TPSA) is 57.3 Å². The highest BCUT2D eigenvalue weighted by atomic mass is 35.5. The lowest BCUT2D eigenvalue weighted by Crippen LogP contribution is -2.31. The number of rotatable bonds is 6. The van der Waals surface area contributed by atoms with Crippen molar-refractivity contribution in [3.8, 4) is 0 Å². The van der Waals surface area contributed by atoms with E-state index < -0.39 is 11.7 Å². The maximum absolute atomic E-state index is 12.9. The summed E-state index contributed by atoms with van der Waals surface area (Å²) in [6.45, 7) is 1.13. The molecule has 1 amide bonds. The van der Waals surface area contributed by atoms with Crippen LogP contribution in [0.25, 0.3) is 0 Å². The predicted molar refractivity (Wildman–Crippen MR) is 94.9 cm³/mol. The average Bonchev–Trinajstić information content (AvgIpc) is 2.55. The van der Waals surface area contributed by atoms with Crippen molar-refractivity contribution >= 4 is 28.9 Å². The molecule has 1 heterocycles. The number of amides is 1. The van der Waals surface area contributed by atoms with Gasteiger partial charge in [-0.05, 0) is 44.4 Å². The predicted octanol–water partition coefficient (Wildman–Crippen LogP) is 3.79. The molecule has 140 valence electrons. The second-order valence-electron chi connectivity index (χ2n) is 5.81. The number of hydrogen-bond acceptors (Lipinski definition) is 4. The SMILES string of the molecule is CN(C)CCNC(=O)c1cc(Nc2ccc(Cl)c(C(F)(F)F)c2)ccn1. The first kappa shape index (κ1) is 20.0. The van der Waals surface area contributed by atoms with E-state index in [1.165, 1.54) is 24.4 Å². The van der Waals surface area contributed by atoms with Crippen molar-refractivity contribution in [3.05, 3.63) is 52.8 Å². The van der Waals surface area contributed by atoms with Gasteiger partial charge in [0.15, 0.2) is 0 Å². The maximum Gasteiger partial charge on any atom is 0.417 e. The smallest absolute Gasteiger partial charge is 0.355 e. The van der Waals surface area contributed by atoms with E-state index in [2.05, 4.69) is 15.6 Å². The number of nitrogens with one attached hydrogen (secondary N) is 2. The molecule has 2 aromatic rings. The molecule has 1 aromatic carbocycles. The van der Waals surface area contributed by atoms with E-state index in [1.54, 1.807) is 6.07 Å². The van der Waals surface area contributed by atoms with Crippen LogP contribution in [0, 0.1) is 0 Å². The van der Waals surface area contributed by atoms with Crippen LogP contribution in [0.5, 0.6) is 0 Å². The molecule has 2 rings (SSSR count). The highest BCUT2D eigenvalue weighted by Gasteiger charge is 2.33. The van der Waals surface area contributed by atoms with Crippen LogP contribution in [0.3, 0.4) is 0 Å². The molecule has 0 saturated heterocycles. The van der Waals surface area contributed by atoms with E-state index >= 15 is 0 Å². The van der Waals surface area contributed by atoms with Crippen molar-refractivity contribution in [2.75, 3.05) is 32.5 Å². The van der Waals surface area contributed by atoms with Crippen LogP contribution in [0.1, 0.15) is 16.1 Å². The number of anilines is 2. The molecule has 0 aliphatic rings. The van der Waals surface area contributed by atoms with Crippen molar-refractivity contribution in [2.24, 2.45) is 0 Å². The lowest BCUT2D eigenvalue weighted by molar-refractivity contribution is -0.137. The largest absolute Gasteiger partial charge is 0.417 e. The van der Waals surface area contributed by atoms with Crippen LogP contribution in [0.15, 0.2) is 36.5 Å². The zero-order chi connectivity index (χ0) is 19.3. The molecule has 0 aliphatic heterocycles. The standard InChI is InChI=1S/C17H18ClF3N4O/c1-25(2)8-7-23-16(26)15-10-12(5-6-22-15)24-11-3-4-14(18)13(9-11)17(19,20)21/h3-6,9-10H,7-8H2,1-2H3,(H,22,24)(H,23,26). The van der Waals surface area contributed by atoms with Gasteiger partial charge in [-0.3, -0.25) is 9.78 Å². The molecule has 0 spiro atoms. The van der Waals surface area contributed by atoms with Crippen LogP contribution >= 0.6 is 11.6 Å². The second kappa shape index (κ2) is 8.37. The Balaban J connectivity index is 2.12. The summed E-state index contributed by atoms with van der Waals surface area (Å²) >= 11 is 5.61. The van der Waals surface area contributed by atoms with Gasteiger partial charge in [-0.25, -0.2) is 0 Å². The molecule has 1 aromatic heterocycles. The number of hydrogen-bond donors (Lipinski definition) is 2.